The van der Waals surface area contributed by atoms with Gasteiger partial charge in [-0.1, -0.05) is 49.2 Å². The largest absolute Gasteiger partial charge is 0.338 e. The Hall–Kier alpha value is -1.68. The van der Waals surface area contributed by atoms with E-state index in [-0.39, 0.29) is 5.41 Å². The van der Waals surface area contributed by atoms with Crippen LogP contribution in [0.15, 0.2) is 28.8 Å². The van der Waals surface area contributed by atoms with E-state index in [0.717, 1.165) is 29.9 Å². The third-order valence-electron chi connectivity index (χ3n) is 4.10. The summed E-state index contributed by atoms with van der Waals surface area (Å²) in [5.74, 6) is 1.45. The Kier molecular flexibility index (Phi) is 3.11. The van der Waals surface area contributed by atoms with Crippen LogP contribution >= 0.6 is 0 Å². The van der Waals surface area contributed by atoms with Crippen LogP contribution in [0.5, 0.6) is 0 Å². The van der Waals surface area contributed by atoms with E-state index in [1.54, 1.807) is 0 Å². The second kappa shape index (κ2) is 4.78. The molecule has 1 aromatic carbocycles. The number of rotatable bonds is 3. The summed E-state index contributed by atoms with van der Waals surface area (Å²) in [6.07, 6.45) is 4.78. The number of nitrogens with two attached hydrogens (primary N) is 1. The molecule has 1 aliphatic rings. The van der Waals surface area contributed by atoms with Gasteiger partial charge in [-0.05, 0) is 18.4 Å². The van der Waals surface area contributed by atoms with Crippen molar-refractivity contribution >= 4 is 0 Å². The molecule has 1 fully saturated rings. The van der Waals surface area contributed by atoms with E-state index >= 15 is 0 Å². The number of hydrogen-bond acceptors (Lipinski definition) is 4. The molecule has 4 nitrogen and oxygen atoms in total. The highest BCUT2D eigenvalue weighted by molar-refractivity contribution is 5.54. The first-order valence-electron chi connectivity index (χ1n) is 6.85. The average Bonchev–Trinajstić information content (AvgIpc) is 3.08. The van der Waals surface area contributed by atoms with E-state index in [2.05, 4.69) is 17.1 Å². The van der Waals surface area contributed by atoms with Crippen molar-refractivity contribution in [2.75, 3.05) is 0 Å². The Morgan fingerprint density at radius 3 is 2.53 bits per heavy atom. The van der Waals surface area contributed by atoms with Crippen LogP contribution in [0.4, 0.5) is 0 Å². The highest BCUT2D eigenvalue weighted by Crippen LogP contribution is 2.40. The number of aromatic nitrogens is 2. The fourth-order valence-corrected chi connectivity index (χ4v) is 2.74. The van der Waals surface area contributed by atoms with Crippen LogP contribution in [0.3, 0.4) is 0 Å². The molecule has 100 valence electrons. The zero-order chi connectivity index (χ0) is 13.3. The normalized spacial score (nSPS) is 17.8. The van der Waals surface area contributed by atoms with Gasteiger partial charge in [-0.25, -0.2) is 0 Å². The Morgan fingerprint density at radius 1 is 1.21 bits per heavy atom. The van der Waals surface area contributed by atoms with Gasteiger partial charge in [0.05, 0.1) is 0 Å². The minimum Gasteiger partial charge on any atom is -0.338 e. The minimum absolute atomic E-state index is 0.0719. The van der Waals surface area contributed by atoms with E-state index in [0.29, 0.717) is 12.4 Å². The van der Waals surface area contributed by atoms with Gasteiger partial charge in [0.1, 0.15) is 0 Å². The monoisotopic (exact) mass is 257 g/mol. The summed E-state index contributed by atoms with van der Waals surface area (Å²) in [7, 11) is 0. The summed E-state index contributed by atoms with van der Waals surface area (Å²) in [6.45, 7) is 2.77. The predicted octanol–water partition coefficient (Wildman–Crippen LogP) is 3.03. The molecule has 0 radical (unpaired) electrons. The topological polar surface area (TPSA) is 64.9 Å². The Balaban J connectivity index is 1.87. The molecule has 0 unspecified atom stereocenters. The lowest BCUT2D eigenvalue weighted by molar-refractivity contribution is 0.296. The standard InChI is InChI=1S/C15H19N3O/c1-15(8-2-3-9-15)14-17-13(18-19-14)12-6-4-11(10-16)5-7-12/h4-7H,2-3,8-10,16H2,1H3. The molecule has 0 saturated heterocycles. The molecule has 1 aromatic heterocycles. The summed E-state index contributed by atoms with van der Waals surface area (Å²) >= 11 is 0. The molecule has 3 rings (SSSR count). The third kappa shape index (κ3) is 2.28. The van der Waals surface area contributed by atoms with E-state index in [4.69, 9.17) is 10.3 Å². The lowest BCUT2D eigenvalue weighted by Gasteiger charge is -2.16. The fraction of sp³-hybridized carbons (Fsp3) is 0.467. The lowest BCUT2D eigenvalue weighted by Crippen LogP contribution is -2.17. The fourth-order valence-electron chi connectivity index (χ4n) is 2.74. The van der Waals surface area contributed by atoms with E-state index in [1.165, 1.54) is 12.8 Å². The van der Waals surface area contributed by atoms with Gasteiger partial charge >= 0.3 is 0 Å². The Bertz CT molecular complexity index is 553. The highest BCUT2D eigenvalue weighted by Gasteiger charge is 2.36. The lowest BCUT2D eigenvalue weighted by atomic mass is 9.89. The van der Waals surface area contributed by atoms with Crippen LogP contribution < -0.4 is 5.73 Å². The maximum atomic E-state index is 5.59. The summed E-state index contributed by atoms with van der Waals surface area (Å²) in [4.78, 5) is 4.58. The average molecular weight is 257 g/mol. The van der Waals surface area contributed by atoms with Crippen LogP contribution in [0.25, 0.3) is 11.4 Å². The van der Waals surface area contributed by atoms with Gasteiger partial charge in [0.25, 0.3) is 0 Å². The van der Waals surface area contributed by atoms with E-state index in [9.17, 15) is 0 Å². The molecule has 1 heterocycles. The van der Waals surface area contributed by atoms with Gasteiger partial charge in [0.15, 0.2) is 0 Å². The molecule has 4 heteroatoms. The van der Waals surface area contributed by atoms with E-state index < -0.39 is 0 Å². The minimum atomic E-state index is 0.0719. The summed E-state index contributed by atoms with van der Waals surface area (Å²) < 4.78 is 5.48. The van der Waals surface area contributed by atoms with Crippen LogP contribution in [0, 0.1) is 0 Å². The molecule has 2 N–H and O–H groups in total. The quantitative estimate of drug-likeness (QED) is 0.917. The van der Waals surface area contributed by atoms with Crippen molar-refractivity contribution < 1.29 is 4.52 Å². The van der Waals surface area contributed by atoms with Gasteiger partial charge in [-0.3, -0.25) is 0 Å². The van der Waals surface area contributed by atoms with Gasteiger partial charge in [-0.2, -0.15) is 4.98 Å². The summed E-state index contributed by atoms with van der Waals surface area (Å²) in [5, 5.41) is 4.11. The van der Waals surface area contributed by atoms with Crippen LogP contribution in [0.2, 0.25) is 0 Å². The molecule has 0 aliphatic heterocycles. The van der Waals surface area contributed by atoms with Crippen molar-refractivity contribution in [2.45, 2.75) is 44.6 Å². The van der Waals surface area contributed by atoms with Gasteiger partial charge < -0.3 is 10.3 Å². The van der Waals surface area contributed by atoms with Crippen molar-refractivity contribution in [3.05, 3.63) is 35.7 Å². The van der Waals surface area contributed by atoms with Gasteiger partial charge in [-0.15, -0.1) is 0 Å². The van der Waals surface area contributed by atoms with E-state index in [1.807, 2.05) is 24.3 Å². The molecule has 0 amide bonds. The zero-order valence-corrected chi connectivity index (χ0v) is 11.2. The number of hydrogen-bond donors (Lipinski definition) is 1. The molecular formula is C15H19N3O. The first-order valence-corrected chi connectivity index (χ1v) is 6.85. The molecule has 0 spiro atoms. The molecule has 1 aliphatic carbocycles. The second-order valence-electron chi connectivity index (χ2n) is 5.59. The van der Waals surface area contributed by atoms with Crippen LogP contribution in [0.1, 0.15) is 44.1 Å². The van der Waals surface area contributed by atoms with Crippen LogP contribution in [-0.4, -0.2) is 10.1 Å². The zero-order valence-electron chi connectivity index (χ0n) is 11.2. The summed E-state index contributed by atoms with van der Waals surface area (Å²) in [6, 6.07) is 7.99. The molecule has 2 aromatic rings. The summed E-state index contributed by atoms with van der Waals surface area (Å²) in [5.41, 5.74) is 7.75. The van der Waals surface area contributed by atoms with Crippen molar-refractivity contribution in [3.8, 4) is 11.4 Å². The molecule has 0 atom stereocenters. The molecule has 1 saturated carbocycles. The maximum absolute atomic E-state index is 5.59. The SMILES string of the molecule is CC1(c2nc(-c3ccc(CN)cc3)no2)CCCC1. The van der Waals surface area contributed by atoms with Gasteiger partial charge in [0.2, 0.25) is 11.7 Å². The first kappa shape index (κ1) is 12.4. The van der Waals surface area contributed by atoms with Crippen molar-refractivity contribution in [1.29, 1.82) is 0 Å². The molecule has 0 bridgehead atoms. The van der Waals surface area contributed by atoms with Gasteiger partial charge in [0, 0.05) is 17.5 Å². The highest BCUT2D eigenvalue weighted by atomic mass is 16.5. The molecular weight excluding hydrogens is 238 g/mol. The van der Waals surface area contributed by atoms with Crippen LogP contribution in [-0.2, 0) is 12.0 Å². The Morgan fingerprint density at radius 2 is 1.89 bits per heavy atom. The van der Waals surface area contributed by atoms with Crippen molar-refractivity contribution in [2.24, 2.45) is 5.73 Å². The second-order valence-corrected chi connectivity index (χ2v) is 5.59. The maximum Gasteiger partial charge on any atom is 0.232 e. The number of nitrogens with zero attached hydrogens (tertiary/aromatic N) is 2. The first-order chi connectivity index (χ1) is 9.21. The van der Waals surface area contributed by atoms with Crippen molar-refractivity contribution in [1.82, 2.24) is 10.1 Å². The van der Waals surface area contributed by atoms with Crippen molar-refractivity contribution in [3.63, 3.8) is 0 Å². The Labute approximate surface area is 113 Å². The third-order valence-corrected chi connectivity index (χ3v) is 4.10. The molecule has 19 heavy (non-hydrogen) atoms. The predicted molar refractivity (Wildman–Crippen MR) is 73.4 cm³/mol. The smallest absolute Gasteiger partial charge is 0.232 e. The number of benzene rings is 1.